The number of imidazole rings is 1. The van der Waals surface area contributed by atoms with Crippen molar-refractivity contribution in [2.45, 2.75) is 53.4 Å². The Balaban J connectivity index is 0.000000193. The molecule has 3 nitrogen and oxygen atoms in total. The molecule has 0 radical (unpaired) electrons. The molecule has 0 saturated heterocycles. The predicted molar refractivity (Wildman–Crippen MR) is 86.2 cm³/mol. The van der Waals surface area contributed by atoms with Crippen molar-refractivity contribution in [1.29, 1.82) is 0 Å². The first kappa shape index (κ1) is 16.5. The van der Waals surface area contributed by atoms with E-state index in [1.807, 2.05) is 38.2 Å². The van der Waals surface area contributed by atoms with E-state index in [9.17, 15) is 4.79 Å². The third-order valence-electron chi connectivity index (χ3n) is 4.18. The predicted octanol–water partition coefficient (Wildman–Crippen LogP) is 4.25. The summed E-state index contributed by atoms with van der Waals surface area (Å²) in [5.41, 5.74) is 1.76. The van der Waals surface area contributed by atoms with Crippen molar-refractivity contribution in [1.82, 2.24) is 8.97 Å². The van der Waals surface area contributed by atoms with Crippen LogP contribution in [-0.4, -0.2) is 8.97 Å². The summed E-state index contributed by atoms with van der Waals surface area (Å²) in [6.45, 7) is 8.60. The number of pyridine rings is 1. The van der Waals surface area contributed by atoms with Crippen LogP contribution < -0.4 is 5.69 Å². The van der Waals surface area contributed by atoms with Gasteiger partial charge in [-0.05, 0) is 30.4 Å². The molecule has 1 aliphatic carbocycles. The van der Waals surface area contributed by atoms with Crippen molar-refractivity contribution >= 4 is 5.52 Å². The van der Waals surface area contributed by atoms with Gasteiger partial charge in [-0.25, -0.2) is 4.79 Å². The highest BCUT2D eigenvalue weighted by molar-refractivity contribution is 5.44. The zero-order valence-electron chi connectivity index (χ0n) is 13.5. The number of aryl methyl sites for hydroxylation is 1. The van der Waals surface area contributed by atoms with Gasteiger partial charge in [-0.15, -0.1) is 0 Å². The Morgan fingerprint density at radius 3 is 2.15 bits per heavy atom. The largest absolute Gasteiger partial charge is 0.332 e. The van der Waals surface area contributed by atoms with Crippen LogP contribution in [0.2, 0.25) is 0 Å². The summed E-state index contributed by atoms with van der Waals surface area (Å²) in [6.07, 6.45) is 9.38. The Morgan fingerprint density at radius 1 is 1.15 bits per heavy atom. The molecule has 2 aromatic heterocycles. The standard InChI is InChI=1S/C8H8N2O.C7H14.C2H6/c1-9-6-7-4-2-3-5-10(7)8(9)11;1-3-7(4-2)5-6-7;1-2/h2-6H,1H3;3-6H2,1-2H3;1-2H3. The van der Waals surface area contributed by atoms with E-state index in [2.05, 4.69) is 13.8 Å². The van der Waals surface area contributed by atoms with Crippen LogP contribution in [0.15, 0.2) is 35.4 Å². The Morgan fingerprint density at radius 2 is 1.75 bits per heavy atom. The number of hydrogen-bond donors (Lipinski definition) is 0. The number of rotatable bonds is 2. The summed E-state index contributed by atoms with van der Waals surface area (Å²) >= 11 is 0. The molecule has 0 spiro atoms. The smallest absolute Gasteiger partial charge is 0.301 e. The molecule has 3 rings (SSSR count). The monoisotopic (exact) mass is 276 g/mol. The molecule has 1 aliphatic rings. The van der Waals surface area contributed by atoms with Gasteiger partial charge in [-0.1, -0.05) is 46.6 Å². The van der Waals surface area contributed by atoms with Crippen LogP contribution in [0.3, 0.4) is 0 Å². The van der Waals surface area contributed by atoms with E-state index in [0.717, 1.165) is 10.9 Å². The van der Waals surface area contributed by atoms with Crippen LogP contribution in [0.25, 0.3) is 5.52 Å². The van der Waals surface area contributed by atoms with Gasteiger partial charge in [-0.3, -0.25) is 4.40 Å². The van der Waals surface area contributed by atoms with Crippen LogP contribution in [0.1, 0.15) is 53.4 Å². The van der Waals surface area contributed by atoms with Gasteiger partial charge < -0.3 is 4.57 Å². The minimum absolute atomic E-state index is 0.000556. The van der Waals surface area contributed by atoms with Gasteiger partial charge in [-0.2, -0.15) is 0 Å². The molecular formula is C17H28N2O. The second-order valence-electron chi connectivity index (χ2n) is 5.23. The van der Waals surface area contributed by atoms with E-state index in [1.165, 1.54) is 25.7 Å². The summed E-state index contributed by atoms with van der Waals surface area (Å²) in [5, 5.41) is 0. The number of aromatic nitrogens is 2. The molecule has 0 unspecified atom stereocenters. The lowest BCUT2D eigenvalue weighted by Crippen LogP contribution is -2.16. The van der Waals surface area contributed by atoms with Crippen LogP contribution in [0, 0.1) is 5.41 Å². The molecule has 0 amide bonds. The zero-order chi connectivity index (χ0) is 15.2. The first-order valence-electron chi connectivity index (χ1n) is 7.74. The molecule has 0 atom stereocenters. The van der Waals surface area contributed by atoms with Crippen molar-refractivity contribution in [2.24, 2.45) is 12.5 Å². The average molecular weight is 276 g/mol. The van der Waals surface area contributed by atoms with Crippen LogP contribution in [0.4, 0.5) is 0 Å². The van der Waals surface area contributed by atoms with Gasteiger partial charge in [0.1, 0.15) is 0 Å². The maximum absolute atomic E-state index is 11.3. The van der Waals surface area contributed by atoms with E-state index >= 15 is 0 Å². The third-order valence-corrected chi connectivity index (χ3v) is 4.18. The van der Waals surface area contributed by atoms with E-state index in [4.69, 9.17) is 0 Å². The maximum atomic E-state index is 11.3. The van der Waals surface area contributed by atoms with Gasteiger partial charge in [0, 0.05) is 19.4 Å². The molecule has 0 aromatic carbocycles. The number of fused-ring (bicyclic) bond motifs is 1. The van der Waals surface area contributed by atoms with Gasteiger partial charge in [0.25, 0.3) is 0 Å². The molecule has 0 bridgehead atoms. The van der Waals surface area contributed by atoms with Gasteiger partial charge in [0.2, 0.25) is 0 Å². The van der Waals surface area contributed by atoms with Crippen molar-refractivity contribution in [3.8, 4) is 0 Å². The molecule has 0 aliphatic heterocycles. The van der Waals surface area contributed by atoms with Gasteiger partial charge in [0.15, 0.2) is 0 Å². The fourth-order valence-electron chi connectivity index (χ4n) is 2.29. The Kier molecular flexibility index (Phi) is 6.05. The summed E-state index contributed by atoms with van der Waals surface area (Å²) in [4.78, 5) is 11.3. The SMILES string of the molecule is CC.CCC1(CC)CC1.Cn1cc2ccccn2c1=O. The van der Waals surface area contributed by atoms with Crippen LogP contribution >= 0.6 is 0 Å². The number of hydrogen-bond acceptors (Lipinski definition) is 1. The van der Waals surface area contributed by atoms with E-state index in [0.29, 0.717) is 0 Å². The van der Waals surface area contributed by atoms with Crippen molar-refractivity contribution in [3.63, 3.8) is 0 Å². The summed E-state index contributed by atoms with van der Waals surface area (Å²) < 4.78 is 3.18. The van der Waals surface area contributed by atoms with Crippen molar-refractivity contribution in [3.05, 3.63) is 41.1 Å². The molecule has 1 fully saturated rings. The second-order valence-corrected chi connectivity index (χ2v) is 5.23. The Bertz CT molecular complexity index is 570. The van der Waals surface area contributed by atoms with Crippen molar-refractivity contribution < 1.29 is 0 Å². The summed E-state index contributed by atoms with van der Waals surface area (Å²) in [7, 11) is 1.75. The fourth-order valence-corrected chi connectivity index (χ4v) is 2.29. The van der Waals surface area contributed by atoms with Gasteiger partial charge in [0.05, 0.1) is 5.52 Å². The zero-order valence-corrected chi connectivity index (χ0v) is 13.5. The number of nitrogens with zero attached hydrogens (tertiary/aromatic N) is 2. The molecule has 1 saturated carbocycles. The third kappa shape index (κ3) is 3.75. The highest BCUT2D eigenvalue weighted by atomic mass is 16.1. The van der Waals surface area contributed by atoms with E-state index < -0.39 is 0 Å². The molecule has 112 valence electrons. The fraction of sp³-hybridized carbons (Fsp3) is 0.588. The first-order chi connectivity index (χ1) is 9.62. The van der Waals surface area contributed by atoms with Crippen LogP contribution in [0.5, 0.6) is 0 Å². The van der Waals surface area contributed by atoms with E-state index in [-0.39, 0.29) is 5.69 Å². The molecule has 2 aromatic rings. The van der Waals surface area contributed by atoms with Crippen molar-refractivity contribution in [2.75, 3.05) is 0 Å². The summed E-state index contributed by atoms with van der Waals surface area (Å²) in [5.74, 6) is 0. The molecule has 3 heteroatoms. The minimum Gasteiger partial charge on any atom is -0.301 e. The molecular weight excluding hydrogens is 248 g/mol. The highest BCUT2D eigenvalue weighted by Gasteiger charge is 2.37. The molecule has 0 N–H and O–H groups in total. The highest BCUT2D eigenvalue weighted by Crippen LogP contribution is 2.51. The quantitative estimate of drug-likeness (QED) is 0.805. The average Bonchev–Trinajstić information content (AvgIpc) is 3.25. The second kappa shape index (κ2) is 7.32. The topological polar surface area (TPSA) is 26.4 Å². The first-order valence-corrected chi connectivity index (χ1v) is 7.74. The molecule has 20 heavy (non-hydrogen) atoms. The lowest BCUT2D eigenvalue weighted by Gasteiger charge is -2.04. The summed E-state index contributed by atoms with van der Waals surface area (Å²) in [6, 6.07) is 5.66. The Hall–Kier alpha value is -1.51. The minimum atomic E-state index is 0.000556. The van der Waals surface area contributed by atoms with Crippen LogP contribution in [-0.2, 0) is 7.05 Å². The van der Waals surface area contributed by atoms with Gasteiger partial charge >= 0.3 is 5.69 Å². The normalized spacial score (nSPS) is 14.8. The van der Waals surface area contributed by atoms with E-state index in [1.54, 1.807) is 22.2 Å². The molecule has 2 heterocycles. The maximum Gasteiger partial charge on any atom is 0.332 e. The lowest BCUT2D eigenvalue weighted by molar-refractivity contribution is 0.474. The lowest BCUT2D eigenvalue weighted by atomic mass is 10.0. The Labute approximate surface area is 122 Å².